The zero-order chi connectivity index (χ0) is 42.4. The number of nitrogens with zero attached hydrogens (tertiary/aromatic N) is 6. The van der Waals surface area contributed by atoms with E-state index in [1.165, 1.54) is 38.2 Å². The van der Waals surface area contributed by atoms with Crippen LogP contribution in [0.5, 0.6) is 11.5 Å². The zero-order valence-electron chi connectivity index (χ0n) is 33.2. The van der Waals surface area contributed by atoms with Crippen molar-refractivity contribution in [3.8, 4) is 22.8 Å². The van der Waals surface area contributed by atoms with Crippen LogP contribution in [0.15, 0.2) is 60.7 Å². The number of alkyl halides is 3. The number of ether oxygens (including phenoxy) is 4. The van der Waals surface area contributed by atoms with Crippen molar-refractivity contribution in [3.05, 3.63) is 99.8 Å². The van der Waals surface area contributed by atoms with Crippen LogP contribution in [-0.4, -0.2) is 84.2 Å². The maximum absolute atomic E-state index is 17.1. The number of carbonyl (C=O) groups is 1. The van der Waals surface area contributed by atoms with Crippen LogP contribution in [0.2, 0.25) is 5.02 Å². The number of halogens is 6. The molecule has 0 N–H and O–H groups in total. The van der Waals surface area contributed by atoms with Gasteiger partial charge in [0, 0.05) is 31.6 Å². The topological polar surface area (TPSA) is 102 Å². The summed E-state index contributed by atoms with van der Waals surface area (Å²) in [6, 6.07) is 15.7. The number of fused-ring (bicyclic) bond motifs is 3. The highest BCUT2D eigenvalue weighted by Crippen LogP contribution is 2.46. The summed E-state index contributed by atoms with van der Waals surface area (Å²) in [5, 5.41) is -0.464. The van der Waals surface area contributed by atoms with Crippen molar-refractivity contribution in [2.24, 2.45) is 0 Å². The number of benzene rings is 3. The van der Waals surface area contributed by atoms with Gasteiger partial charge in [0.2, 0.25) is 0 Å². The number of rotatable bonds is 9. The van der Waals surface area contributed by atoms with Crippen molar-refractivity contribution >= 4 is 40.2 Å². The summed E-state index contributed by atoms with van der Waals surface area (Å²) in [7, 11) is 3.07. The lowest BCUT2D eigenvalue weighted by molar-refractivity contribution is -0.137. The van der Waals surface area contributed by atoms with E-state index in [9.17, 15) is 4.79 Å². The summed E-state index contributed by atoms with van der Waals surface area (Å²) < 4.78 is 99.7. The number of carbonyl (C=O) groups excluding carboxylic acids is 1. The molecule has 11 nitrogen and oxygen atoms in total. The molecule has 0 saturated carbocycles. The molecule has 2 unspecified atom stereocenters. The van der Waals surface area contributed by atoms with Crippen LogP contribution in [0.3, 0.4) is 0 Å². The van der Waals surface area contributed by atoms with Gasteiger partial charge >= 0.3 is 18.3 Å². The van der Waals surface area contributed by atoms with E-state index < -0.39 is 69.2 Å². The average Bonchev–Trinajstić information content (AvgIpc) is 3.16. The minimum Gasteiger partial charge on any atom is -0.497 e. The van der Waals surface area contributed by atoms with Gasteiger partial charge in [0.1, 0.15) is 34.3 Å². The second-order valence-electron chi connectivity index (χ2n) is 15.5. The first-order valence-electron chi connectivity index (χ1n) is 18.7. The van der Waals surface area contributed by atoms with E-state index in [0.29, 0.717) is 11.5 Å². The second kappa shape index (κ2) is 16.3. The van der Waals surface area contributed by atoms with Gasteiger partial charge in [-0.1, -0.05) is 35.9 Å². The molecule has 17 heteroatoms. The molecule has 2 saturated heterocycles. The van der Waals surface area contributed by atoms with E-state index in [2.05, 4.69) is 15.0 Å². The third-order valence-electron chi connectivity index (χ3n) is 10.1. The molecule has 2 aromatic heterocycles. The quantitative estimate of drug-likeness (QED) is 0.106. The highest BCUT2D eigenvalue weighted by Gasteiger charge is 2.43. The lowest BCUT2D eigenvalue weighted by atomic mass is 9.98. The number of piperazine rings is 1. The van der Waals surface area contributed by atoms with E-state index in [1.54, 1.807) is 54.8 Å². The Labute approximate surface area is 342 Å². The Bertz CT molecular complexity index is 2300. The van der Waals surface area contributed by atoms with Crippen LogP contribution in [0.4, 0.5) is 38.4 Å². The first-order valence-corrected chi connectivity index (χ1v) is 19.1. The Morgan fingerprint density at radius 1 is 0.881 bits per heavy atom. The van der Waals surface area contributed by atoms with E-state index in [0.717, 1.165) is 11.1 Å². The maximum Gasteiger partial charge on any atom is 0.418 e. The molecule has 0 spiro atoms. The molecule has 3 aromatic carbocycles. The fourth-order valence-electron chi connectivity index (χ4n) is 7.53. The second-order valence-corrected chi connectivity index (χ2v) is 15.9. The Hall–Kier alpha value is -5.48. The molecule has 7 rings (SSSR count). The smallest absolute Gasteiger partial charge is 0.418 e. The summed E-state index contributed by atoms with van der Waals surface area (Å²) in [6.45, 7) is 7.35. The number of morpholine rings is 1. The van der Waals surface area contributed by atoms with Crippen molar-refractivity contribution < 1.29 is 45.7 Å². The Kier molecular flexibility index (Phi) is 11.5. The van der Waals surface area contributed by atoms with Gasteiger partial charge in [-0.3, -0.25) is 0 Å². The molecule has 2 bridgehead atoms. The van der Waals surface area contributed by atoms with E-state index in [4.69, 9.17) is 30.5 Å². The molecular formula is C42H42ClF5N6O5. The van der Waals surface area contributed by atoms with Crippen LogP contribution in [0.1, 0.15) is 43.0 Å². The van der Waals surface area contributed by atoms with Crippen molar-refractivity contribution in [2.45, 2.75) is 64.6 Å². The molecule has 312 valence electrons. The molecule has 5 aromatic rings. The molecule has 4 heterocycles. The van der Waals surface area contributed by atoms with Gasteiger partial charge in [-0.25, -0.2) is 14.2 Å². The number of anilines is 2. The molecule has 2 aliphatic heterocycles. The molecule has 2 fully saturated rings. The molecule has 0 aliphatic carbocycles. The number of amides is 1. The average molecular weight is 841 g/mol. The molecule has 0 radical (unpaired) electrons. The molecule has 2 aliphatic rings. The third-order valence-corrected chi connectivity index (χ3v) is 10.4. The van der Waals surface area contributed by atoms with E-state index >= 15 is 22.0 Å². The van der Waals surface area contributed by atoms with Gasteiger partial charge in [-0.05, 0) is 80.8 Å². The lowest BCUT2D eigenvalue weighted by Crippen LogP contribution is -2.66. The van der Waals surface area contributed by atoms with Gasteiger partial charge in [0.05, 0.1) is 61.4 Å². The normalized spacial score (nSPS) is 16.9. The molecule has 1 amide bonds. The number of hydrogen-bond acceptors (Lipinski definition) is 10. The number of methoxy groups -OCH3 is 2. The third kappa shape index (κ3) is 8.79. The standard InChI is InChI=1S/C42H42ClF5N6O5/c1-23-15-32(52(17-24-7-11-28(56-5)12-8-24)18-25-9-13-29(57-6)14-10-25)49-37(34(23)42(46,47)48)33-31(43)16-30-36(35(33)44)50-39(45)51-38(30)54-26-19-53(20-27(54)22-58-21-26)40(55)59-41(2,3)4/h7-16,26-27H,17-22H2,1-6H3. The predicted octanol–water partition coefficient (Wildman–Crippen LogP) is 9.00. The number of aryl methyl sites for hydroxylation is 1. The van der Waals surface area contributed by atoms with Crippen molar-refractivity contribution in [3.63, 3.8) is 0 Å². The molecule has 2 atom stereocenters. The van der Waals surface area contributed by atoms with Gasteiger partial charge < -0.3 is 33.6 Å². The Morgan fingerprint density at radius 2 is 1.44 bits per heavy atom. The fraction of sp³-hybridized carbons (Fsp3) is 0.381. The Balaban J connectivity index is 1.34. The summed E-state index contributed by atoms with van der Waals surface area (Å²) >= 11 is 6.82. The Morgan fingerprint density at radius 3 is 1.95 bits per heavy atom. The van der Waals surface area contributed by atoms with Crippen molar-refractivity contribution in [1.29, 1.82) is 0 Å². The van der Waals surface area contributed by atoms with Crippen LogP contribution in [0, 0.1) is 18.8 Å². The van der Waals surface area contributed by atoms with E-state index in [1.807, 2.05) is 24.3 Å². The van der Waals surface area contributed by atoms with Crippen molar-refractivity contribution in [1.82, 2.24) is 19.9 Å². The minimum atomic E-state index is -5.00. The summed E-state index contributed by atoms with van der Waals surface area (Å²) in [5.41, 5.74) is -2.71. The van der Waals surface area contributed by atoms with Crippen LogP contribution < -0.4 is 19.3 Å². The van der Waals surface area contributed by atoms with Gasteiger partial charge in [0.25, 0.3) is 0 Å². The summed E-state index contributed by atoms with van der Waals surface area (Å²) in [6.07, 6.45) is -6.85. The maximum atomic E-state index is 17.1. The monoisotopic (exact) mass is 840 g/mol. The molecular weight excluding hydrogens is 799 g/mol. The largest absolute Gasteiger partial charge is 0.497 e. The zero-order valence-corrected chi connectivity index (χ0v) is 33.9. The minimum absolute atomic E-state index is 0.0395. The fourth-order valence-corrected chi connectivity index (χ4v) is 7.81. The van der Waals surface area contributed by atoms with Gasteiger partial charge in [-0.15, -0.1) is 0 Å². The highest BCUT2D eigenvalue weighted by atomic mass is 35.5. The number of pyridine rings is 1. The highest BCUT2D eigenvalue weighted by molar-refractivity contribution is 6.34. The lowest BCUT2D eigenvalue weighted by Gasteiger charge is -2.50. The first kappa shape index (κ1) is 41.7. The summed E-state index contributed by atoms with van der Waals surface area (Å²) in [4.78, 5) is 30.3. The van der Waals surface area contributed by atoms with Crippen LogP contribution in [0.25, 0.3) is 22.2 Å². The summed E-state index contributed by atoms with van der Waals surface area (Å²) in [5.74, 6) is -0.0226. The first-order chi connectivity index (χ1) is 27.9. The van der Waals surface area contributed by atoms with Crippen LogP contribution >= 0.6 is 11.6 Å². The van der Waals surface area contributed by atoms with E-state index in [-0.39, 0.29) is 62.0 Å². The number of aromatic nitrogens is 3. The van der Waals surface area contributed by atoms with Gasteiger partial charge in [-0.2, -0.15) is 27.5 Å². The van der Waals surface area contributed by atoms with Crippen molar-refractivity contribution in [2.75, 3.05) is 50.3 Å². The van der Waals surface area contributed by atoms with Crippen LogP contribution in [-0.2, 0) is 28.7 Å². The number of hydrogen-bond donors (Lipinski definition) is 0. The SMILES string of the molecule is COc1ccc(CN(Cc2ccc(OC)cc2)c2cc(C)c(C(F)(F)F)c(-c3c(Cl)cc4c(N5C6COCC5CN(C(=O)OC(C)(C)C)C6)nc(F)nc4c3F)n2)cc1. The predicted molar refractivity (Wildman–Crippen MR) is 212 cm³/mol. The molecule has 59 heavy (non-hydrogen) atoms. The van der Waals surface area contributed by atoms with Gasteiger partial charge in [0.15, 0.2) is 5.82 Å².